The molecule has 1 saturated carbocycles. The Morgan fingerprint density at radius 1 is 1.57 bits per heavy atom. The van der Waals surface area contributed by atoms with Gasteiger partial charge in [0.15, 0.2) is 0 Å². The summed E-state index contributed by atoms with van der Waals surface area (Å²) in [5.41, 5.74) is 5.45. The Labute approximate surface area is 51.4 Å². The molecule has 1 nitrogen and oxygen atoms in total. The highest BCUT2D eigenvalue weighted by Crippen LogP contribution is 2.30. The normalized spacial score (nSPS) is 22.6. The lowest BCUT2D eigenvalue weighted by atomic mass is 10.3. The summed E-state index contributed by atoms with van der Waals surface area (Å²) >= 11 is 2.98. The fourth-order valence-corrected chi connectivity index (χ4v) is 0.749. The highest BCUT2D eigenvalue weighted by Gasteiger charge is 2.35. The van der Waals surface area contributed by atoms with Gasteiger partial charge < -0.3 is 5.73 Å². The van der Waals surface area contributed by atoms with E-state index in [4.69, 9.17) is 5.73 Å². The van der Waals surface area contributed by atoms with Crippen LogP contribution < -0.4 is 5.73 Å². The first-order chi connectivity index (χ1) is 3.27. The van der Waals surface area contributed by atoms with E-state index in [1.54, 1.807) is 0 Å². The fraction of sp³-hybridized carbons (Fsp3) is 0.600. The van der Waals surface area contributed by atoms with Crippen molar-refractivity contribution in [2.45, 2.75) is 18.4 Å². The quantitative estimate of drug-likeness (QED) is 0.522. The average Bonchev–Trinajstić information content (AvgIpc) is 2.22. The Balaban J connectivity index is 2.50. The zero-order valence-electron chi connectivity index (χ0n) is 3.87. The molecule has 1 aliphatic rings. The van der Waals surface area contributed by atoms with Crippen molar-refractivity contribution in [2.24, 2.45) is 5.73 Å². The minimum Gasteiger partial charge on any atom is -0.315 e. The molecule has 2 heteroatoms. The third-order valence-corrected chi connectivity index (χ3v) is 1.28. The second kappa shape index (κ2) is 1.50. The molecule has 0 spiro atoms. The molecule has 1 rings (SSSR count). The van der Waals surface area contributed by atoms with Crippen molar-refractivity contribution in [3.63, 3.8) is 0 Å². The van der Waals surface area contributed by atoms with Crippen LogP contribution in [0.2, 0.25) is 0 Å². The molecular formula is C5H6BrN. The summed E-state index contributed by atoms with van der Waals surface area (Å²) in [4.78, 5) is 2.61. The first-order valence-corrected chi connectivity index (χ1v) is 2.98. The SMILES string of the molecule is NC1(C#CBr)CC1. The molecule has 0 saturated heterocycles. The molecule has 0 heterocycles. The maximum absolute atomic E-state index is 5.55. The highest BCUT2D eigenvalue weighted by atomic mass is 79.9. The van der Waals surface area contributed by atoms with Crippen molar-refractivity contribution >= 4 is 15.9 Å². The maximum atomic E-state index is 5.55. The van der Waals surface area contributed by atoms with Crippen LogP contribution in [-0.2, 0) is 0 Å². The summed E-state index contributed by atoms with van der Waals surface area (Å²) in [7, 11) is 0. The van der Waals surface area contributed by atoms with Gasteiger partial charge in [-0.15, -0.1) is 0 Å². The van der Waals surface area contributed by atoms with Crippen molar-refractivity contribution < 1.29 is 0 Å². The molecule has 0 aliphatic heterocycles. The van der Waals surface area contributed by atoms with Gasteiger partial charge in [0.2, 0.25) is 0 Å². The van der Waals surface area contributed by atoms with Gasteiger partial charge in [0, 0.05) is 15.9 Å². The van der Waals surface area contributed by atoms with Crippen LogP contribution in [0.1, 0.15) is 12.8 Å². The largest absolute Gasteiger partial charge is 0.315 e. The maximum Gasteiger partial charge on any atom is 0.0787 e. The zero-order chi connectivity index (χ0) is 5.33. The van der Waals surface area contributed by atoms with E-state index in [9.17, 15) is 0 Å². The summed E-state index contributed by atoms with van der Waals surface area (Å²) in [6, 6.07) is 0. The Morgan fingerprint density at radius 2 is 2.14 bits per heavy atom. The lowest BCUT2D eigenvalue weighted by Crippen LogP contribution is -2.17. The van der Waals surface area contributed by atoms with Gasteiger partial charge in [-0.05, 0) is 17.7 Å². The summed E-state index contributed by atoms with van der Waals surface area (Å²) in [6.07, 6.45) is 2.12. The lowest BCUT2D eigenvalue weighted by molar-refractivity contribution is 0.891. The smallest absolute Gasteiger partial charge is 0.0787 e. The van der Waals surface area contributed by atoms with Crippen LogP contribution in [0.3, 0.4) is 0 Å². The molecule has 0 unspecified atom stereocenters. The Kier molecular flexibility index (Phi) is 1.10. The van der Waals surface area contributed by atoms with E-state index in [0.717, 1.165) is 12.8 Å². The molecule has 0 aromatic heterocycles. The van der Waals surface area contributed by atoms with Gasteiger partial charge >= 0.3 is 0 Å². The Bertz CT molecular complexity index is 127. The topological polar surface area (TPSA) is 26.0 Å². The van der Waals surface area contributed by atoms with Crippen LogP contribution in [-0.4, -0.2) is 5.54 Å². The van der Waals surface area contributed by atoms with E-state index in [1.165, 1.54) is 0 Å². The first-order valence-electron chi connectivity index (χ1n) is 2.18. The highest BCUT2D eigenvalue weighted by molar-refractivity contribution is 9.12. The fourth-order valence-electron chi connectivity index (χ4n) is 0.354. The van der Waals surface area contributed by atoms with Gasteiger partial charge in [0.25, 0.3) is 0 Å². The van der Waals surface area contributed by atoms with Crippen molar-refractivity contribution in [2.75, 3.05) is 0 Å². The van der Waals surface area contributed by atoms with Gasteiger partial charge in [-0.3, -0.25) is 0 Å². The van der Waals surface area contributed by atoms with Gasteiger partial charge in [-0.2, -0.15) is 0 Å². The Hall–Kier alpha value is 0. The van der Waals surface area contributed by atoms with Crippen LogP contribution in [0, 0.1) is 10.8 Å². The van der Waals surface area contributed by atoms with Crippen molar-refractivity contribution in [3.8, 4) is 10.8 Å². The van der Waals surface area contributed by atoms with Crippen molar-refractivity contribution in [1.82, 2.24) is 0 Å². The Morgan fingerprint density at radius 3 is 2.29 bits per heavy atom. The van der Waals surface area contributed by atoms with Crippen LogP contribution in [0.15, 0.2) is 0 Å². The van der Waals surface area contributed by atoms with E-state index in [1.807, 2.05) is 0 Å². The van der Waals surface area contributed by atoms with Gasteiger partial charge in [-0.1, -0.05) is 5.92 Å². The molecule has 1 aliphatic carbocycles. The molecule has 7 heavy (non-hydrogen) atoms. The monoisotopic (exact) mass is 159 g/mol. The molecule has 0 aromatic rings. The van der Waals surface area contributed by atoms with E-state index in [-0.39, 0.29) is 5.54 Å². The molecule has 2 N–H and O–H groups in total. The molecular weight excluding hydrogens is 154 g/mol. The van der Waals surface area contributed by atoms with Crippen molar-refractivity contribution in [1.29, 1.82) is 0 Å². The summed E-state index contributed by atoms with van der Waals surface area (Å²) in [5.74, 6) is 2.84. The molecule has 0 amide bonds. The predicted molar refractivity (Wildman–Crippen MR) is 32.9 cm³/mol. The van der Waals surface area contributed by atoms with Gasteiger partial charge in [0.1, 0.15) is 0 Å². The van der Waals surface area contributed by atoms with E-state index in [0.29, 0.717) is 0 Å². The average molecular weight is 160 g/mol. The van der Waals surface area contributed by atoms with Crippen LogP contribution in [0.4, 0.5) is 0 Å². The third-order valence-electron chi connectivity index (χ3n) is 1.08. The summed E-state index contributed by atoms with van der Waals surface area (Å²) < 4.78 is 0. The molecule has 0 bridgehead atoms. The van der Waals surface area contributed by atoms with E-state index >= 15 is 0 Å². The first kappa shape index (κ1) is 5.14. The predicted octanol–water partition coefficient (Wildman–Crippen LogP) is 0.834. The minimum absolute atomic E-state index is 0.108. The number of halogens is 1. The summed E-state index contributed by atoms with van der Waals surface area (Å²) in [5, 5.41) is 0. The molecule has 0 radical (unpaired) electrons. The standard InChI is InChI=1S/C5H6BrN/c6-4-3-5(7)1-2-5/h1-2,7H2. The van der Waals surface area contributed by atoms with Crippen LogP contribution in [0.5, 0.6) is 0 Å². The second-order valence-electron chi connectivity index (χ2n) is 1.88. The van der Waals surface area contributed by atoms with Crippen molar-refractivity contribution in [3.05, 3.63) is 0 Å². The zero-order valence-corrected chi connectivity index (χ0v) is 5.46. The third kappa shape index (κ3) is 1.19. The lowest BCUT2D eigenvalue weighted by Gasteiger charge is -1.89. The summed E-state index contributed by atoms with van der Waals surface area (Å²) in [6.45, 7) is 0. The van der Waals surface area contributed by atoms with Gasteiger partial charge in [0.05, 0.1) is 5.54 Å². The van der Waals surface area contributed by atoms with Gasteiger partial charge in [-0.25, -0.2) is 0 Å². The second-order valence-corrected chi connectivity index (χ2v) is 2.27. The number of nitrogens with two attached hydrogens (primary N) is 1. The number of hydrogen-bond acceptors (Lipinski definition) is 1. The molecule has 0 aromatic carbocycles. The minimum atomic E-state index is -0.108. The van der Waals surface area contributed by atoms with Crippen LogP contribution in [0.25, 0.3) is 0 Å². The van der Waals surface area contributed by atoms with E-state index < -0.39 is 0 Å². The number of rotatable bonds is 0. The molecule has 1 fully saturated rings. The number of hydrogen-bond donors (Lipinski definition) is 1. The van der Waals surface area contributed by atoms with E-state index in [2.05, 4.69) is 26.7 Å². The van der Waals surface area contributed by atoms with Crippen LogP contribution >= 0.6 is 15.9 Å². The molecule has 0 atom stereocenters. The molecule has 38 valence electrons.